The first kappa shape index (κ1) is 10.1. The van der Waals surface area contributed by atoms with Crippen molar-refractivity contribution in [1.82, 2.24) is 9.97 Å². The molecule has 6 heteroatoms. The third-order valence-electron chi connectivity index (χ3n) is 2.42. The van der Waals surface area contributed by atoms with Gasteiger partial charge in [-0.15, -0.1) is 0 Å². The van der Waals surface area contributed by atoms with Crippen molar-refractivity contribution in [1.29, 1.82) is 0 Å². The second-order valence-corrected chi connectivity index (χ2v) is 4.63. The van der Waals surface area contributed by atoms with E-state index in [0.717, 1.165) is 21.2 Å². The minimum atomic E-state index is 0.557. The molecule has 1 aromatic carbocycles. The lowest BCUT2D eigenvalue weighted by atomic mass is 10.2. The van der Waals surface area contributed by atoms with Gasteiger partial charge in [-0.1, -0.05) is 11.6 Å². The Bertz CT molecular complexity index is 575. The second-order valence-electron chi connectivity index (χ2n) is 3.39. The maximum atomic E-state index is 6.20. The van der Waals surface area contributed by atoms with Gasteiger partial charge in [-0.3, -0.25) is 0 Å². The standard InChI is InChI=1S/C10H7BrClN3O/c11-5-3-6-7-9(8(5)12)16-2-1-13-10(7)15-4-14-6/h3-4H,1-2H2,(H,13,14,15). The lowest BCUT2D eigenvalue weighted by molar-refractivity contribution is 0.339. The lowest BCUT2D eigenvalue weighted by Crippen LogP contribution is -2.08. The molecule has 0 amide bonds. The van der Waals surface area contributed by atoms with Crippen LogP contribution in [0.25, 0.3) is 10.9 Å². The minimum absolute atomic E-state index is 0.557. The van der Waals surface area contributed by atoms with Crippen molar-refractivity contribution in [3.63, 3.8) is 0 Å². The van der Waals surface area contributed by atoms with Crippen LogP contribution in [0.15, 0.2) is 16.9 Å². The molecule has 4 nitrogen and oxygen atoms in total. The van der Waals surface area contributed by atoms with E-state index in [4.69, 9.17) is 16.3 Å². The van der Waals surface area contributed by atoms with Crippen LogP contribution in [0.1, 0.15) is 0 Å². The highest BCUT2D eigenvalue weighted by molar-refractivity contribution is 9.10. The summed E-state index contributed by atoms with van der Waals surface area (Å²) in [6.45, 7) is 1.26. The Morgan fingerprint density at radius 3 is 3.19 bits per heavy atom. The summed E-state index contributed by atoms with van der Waals surface area (Å²) >= 11 is 9.58. The van der Waals surface area contributed by atoms with Crippen LogP contribution in [0.5, 0.6) is 5.75 Å². The Morgan fingerprint density at radius 1 is 1.44 bits per heavy atom. The van der Waals surface area contributed by atoms with Crippen LogP contribution in [-0.2, 0) is 0 Å². The Kier molecular flexibility index (Phi) is 2.37. The lowest BCUT2D eigenvalue weighted by Gasteiger charge is -2.09. The number of aromatic nitrogens is 2. The highest BCUT2D eigenvalue weighted by Crippen LogP contribution is 2.41. The van der Waals surface area contributed by atoms with Crippen molar-refractivity contribution in [2.45, 2.75) is 0 Å². The molecule has 0 spiro atoms. The Morgan fingerprint density at radius 2 is 2.31 bits per heavy atom. The van der Waals surface area contributed by atoms with Gasteiger partial charge in [0.25, 0.3) is 0 Å². The quantitative estimate of drug-likeness (QED) is 0.813. The fourth-order valence-electron chi connectivity index (χ4n) is 1.73. The van der Waals surface area contributed by atoms with Gasteiger partial charge in [0.05, 0.1) is 22.5 Å². The third-order valence-corrected chi connectivity index (χ3v) is 3.65. The number of halogens is 2. The molecule has 82 valence electrons. The molecule has 1 N–H and O–H groups in total. The highest BCUT2D eigenvalue weighted by Gasteiger charge is 2.18. The Balaban J connectivity index is 2.46. The summed E-state index contributed by atoms with van der Waals surface area (Å²) in [5.41, 5.74) is 0.811. The van der Waals surface area contributed by atoms with Gasteiger partial charge in [-0.25, -0.2) is 9.97 Å². The number of anilines is 1. The Labute approximate surface area is 105 Å². The molecular formula is C10H7BrClN3O. The summed E-state index contributed by atoms with van der Waals surface area (Å²) in [5.74, 6) is 1.42. The zero-order chi connectivity index (χ0) is 11.1. The number of hydrogen-bond acceptors (Lipinski definition) is 4. The van der Waals surface area contributed by atoms with Gasteiger partial charge in [-0.2, -0.15) is 0 Å². The van der Waals surface area contributed by atoms with Crippen LogP contribution in [0.4, 0.5) is 5.82 Å². The molecule has 1 aliphatic rings. The maximum Gasteiger partial charge on any atom is 0.152 e. The van der Waals surface area contributed by atoms with E-state index in [1.807, 2.05) is 6.07 Å². The molecule has 0 unspecified atom stereocenters. The van der Waals surface area contributed by atoms with Gasteiger partial charge in [0.2, 0.25) is 0 Å². The van der Waals surface area contributed by atoms with Crippen LogP contribution in [0, 0.1) is 0 Å². The summed E-state index contributed by atoms with van der Waals surface area (Å²) in [6.07, 6.45) is 1.53. The molecule has 0 saturated carbocycles. The number of nitrogens with zero attached hydrogens (tertiary/aromatic N) is 2. The topological polar surface area (TPSA) is 47.0 Å². The molecule has 0 saturated heterocycles. The number of nitrogens with one attached hydrogen (secondary N) is 1. The largest absolute Gasteiger partial charge is 0.489 e. The van der Waals surface area contributed by atoms with E-state index in [-0.39, 0.29) is 0 Å². The molecule has 16 heavy (non-hydrogen) atoms. The molecule has 0 aliphatic carbocycles. The van der Waals surface area contributed by atoms with Gasteiger partial charge < -0.3 is 10.1 Å². The summed E-state index contributed by atoms with van der Waals surface area (Å²) in [4.78, 5) is 8.40. The first-order valence-corrected chi connectivity index (χ1v) is 5.94. The highest BCUT2D eigenvalue weighted by atomic mass is 79.9. The van der Waals surface area contributed by atoms with Crippen molar-refractivity contribution >= 4 is 44.3 Å². The number of ether oxygens (including phenoxy) is 1. The average Bonchev–Trinajstić information content (AvgIpc) is 2.50. The molecule has 0 fully saturated rings. The summed E-state index contributed by atoms with van der Waals surface area (Å²) in [7, 11) is 0. The molecule has 1 aliphatic heterocycles. The van der Waals surface area contributed by atoms with Crippen molar-refractivity contribution in [2.75, 3.05) is 18.5 Å². The minimum Gasteiger partial charge on any atom is -0.489 e. The summed E-state index contributed by atoms with van der Waals surface area (Å²) < 4.78 is 6.41. The maximum absolute atomic E-state index is 6.20. The first-order valence-electron chi connectivity index (χ1n) is 4.77. The van der Waals surface area contributed by atoms with E-state index >= 15 is 0 Å². The smallest absolute Gasteiger partial charge is 0.152 e. The van der Waals surface area contributed by atoms with Crippen molar-refractivity contribution < 1.29 is 4.74 Å². The van der Waals surface area contributed by atoms with E-state index in [1.54, 1.807) is 0 Å². The van der Waals surface area contributed by atoms with Crippen molar-refractivity contribution in [3.05, 3.63) is 21.9 Å². The number of rotatable bonds is 0. The molecule has 2 heterocycles. The van der Waals surface area contributed by atoms with E-state index in [9.17, 15) is 0 Å². The van der Waals surface area contributed by atoms with Crippen LogP contribution in [0.3, 0.4) is 0 Å². The van der Waals surface area contributed by atoms with Gasteiger partial charge in [-0.05, 0) is 22.0 Å². The van der Waals surface area contributed by atoms with E-state index < -0.39 is 0 Å². The number of benzene rings is 1. The zero-order valence-electron chi connectivity index (χ0n) is 8.13. The molecule has 3 rings (SSSR count). The average molecular weight is 301 g/mol. The summed E-state index contributed by atoms with van der Waals surface area (Å²) in [6, 6.07) is 1.86. The summed E-state index contributed by atoms with van der Waals surface area (Å²) in [5, 5.41) is 4.59. The van der Waals surface area contributed by atoms with Gasteiger partial charge >= 0.3 is 0 Å². The SMILES string of the molecule is Clc1c(Br)cc2ncnc3c2c1OCCN3. The fraction of sp³-hybridized carbons (Fsp3) is 0.200. The fourth-order valence-corrected chi connectivity index (χ4v) is 2.33. The second kappa shape index (κ2) is 3.75. The molecule has 0 bridgehead atoms. The predicted molar refractivity (Wildman–Crippen MR) is 66.2 cm³/mol. The van der Waals surface area contributed by atoms with Crippen LogP contribution in [-0.4, -0.2) is 23.1 Å². The monoisotopic (exact) mass is 299 g/mol. The molecule has 1 aromatic heterocycles. The first-order chi connectivity index (χ1) is 7.77. The normalized spacial score (nSPS) is 14.1. The van der Waals surface area contributed by atoms with Gasteiger partial charge in [0.15, 0.2) is 5.75 Å². The number of hydrogen-bond donors (Lipinski definition) is 1. The molecule has 2 aromatic rings. The van der Waals surface area contributed by atoms with Crippen LogP contribution in [0.2, 0.25) is 5.02 Å². The van der Waals surface area contributed by atoms with Crippen molar-refractivity contribution in [3.8, 4) is 5.75 Å². The third kappa shape index (κ3) is 1.43. The van der Waals surface area contributed by atoms with Gasteiger partial charge in [0, 0.05) is 4.47 Å². The van der Waals surface area contributed by atoms with E-state index in [2.05, 4.69) is 31.2 Å². The van der Waals surface area contributed by atoms with Crippen molar-refractivity contribution in [2.24, 2.45) is 0 Å². The molecular weight excluding hydrogens is 293 g/mol. The Hall–Kier alpha value is -1.07. The molecule has 0 radical (unpaired) electrons. The van der Waals surface area contributed by atoms with Gasteiger partial charge in [0.1, 0.15) is 18.8 Å². The predicted octanol–water partition coefficient (Wildman–Crippen LogP) is 2.85. The zero-order valence-corrected chi connectivity index (χ0v) is 10.5. The van der Waals surface area contributed by atoms with E-state index in [1.165, 1.54) is 6.33 Å². The van der Waals surface area contributed by atoms with E-state index in [0.29, 0.717) is 23.9 Å². The van der Waals surface area contributed by atoms with Crippen LogP contribution >= 0.6 is 27.5 Å². The molecule has 0 atom stereocenters. The van der Waals surface area contributed by atoms with Crippen LogP contribution < -0.4 is 10.1 Å².